The number of hydrogen-bond donors (Lipinski definition) is 0. The third kappa shape index (κ3) is 2.29. The van der Waals surface area contributed by atoms with Crippen LogP contribution in [0.4, 0.5) is 0 Å². The molecule has 7 heavy (non-hydrogen) atoms. The quantitative estimate of drug-likeness (QED) is 0.496. The third-order valence-corrected chi connectivity index (χ3v) is 2.65. The first kappa shape index (κ1) is 5.57. The zero-order chi connectivity index (χ0) is 4.95. The normalized spacial score (nSPS) is 21.7. The molecular formula is C5H8S2. The van der Waals surface area contributed by atoms with Gasteiger partial charge in [0.1, 0.15) is 0 Å². The summed E-state index contributed by atoms with van der Waals surface area (Å²) in [6.45, 7) is 0. The lowest BCUT2D eigenvalue weighted by molar-refractivity contribution is 1.13. The van der Waals surface area contributed by atoms with Gasteiger partial charge in [0, 0.05) is 0 Å². The van der Waals surface area contributed by atoms with Gasteiger partial charge in [-0.25, -0.2) is 0 Å². The van der Waals surface area contributed by atoms with Gasteiger partial charge in [-0.2, -0.15) is 0 Å². The Kier molecular flexibility index (Phi) is 2.74. The van der Waals surface area contributed by atoms with Crippen LogP contribution >= 0.6 is 23.5 Å². The molecule has 1 aliphatic rings. The van der Waals surface area contributed by atoms with Crippen molar-refractivity contribution in [2.75, 3.05) is 11.5 Å². The molecular weight excluding hydrogens is 124 g/mol. The van der Waals surface area contributed by atoms with Crippen molar-refractivity contribution in [2.24, 2.45) is 0 Å². The molecule has 0 bridgehead atoms. The average molecular weight is 132 g/mol. The molecule has 1 aliphatic heterocycles. The molecule has 2 heteroatoms. The molecule has 0 nitrogen and oxygen atoms in total. The number of hydrogen-bond acceptors (Lipinski definition) is 2. The number of rotatable bonds is 0. The lowest BCUT2D eigenvalue weighted by atomic mass is 10.6. The van der Waals surface area contributed by atoms with Gasteiger partial charge in [-0.05, 0) is 28.7 Å². The van der Waals surface area contributed by atoms with Crippen LogP contribution in [0.3, 0.4) is 0 Å². The monoisotopic (exact) mass is 132 g/mol. The van der Waals surface area contributed by atoms with Crippen molar-refractivity contribution < 1.29 is 0 Å². The van der Waals surface area contributed by atoms with E-state index < -0.39 is 0 Å². The van der Waals surface area contributed by atoms with Crippen molar-refractivity contribution in [3.05, 3.63) is 10.8 Å². The summed E-state index contributed by atoms with van der Waals surface area (Å²) in [5, 5.41) is 4.36. The zero-order valence-electron chi connectivity index (χ0n) is 4.09. The van der Waals surface area contributed by atoms with Crippen molar-refractivity contribution in [1.29, 1.82) is 0 Å². The largest absolute Gasteiger partial charge is 0.134 e. The van der Waals surface area contributed by atoms with E-state index in [1.165, 1.54) is 17.9 Å². The Bertz CT molecular complexity index is 60.5. The molecule has 0 aromatic carbocycles. The van der Waals surface area contributed by atoms with E-state index in [0.29, 0.717) is 0 Å². The van der Waals surface area contributed by atoms with Crippen LogP contribution in [0.15, 0.2) is 10.8 Å². The van der Waals surface area contributed by atoms with Crippen molar-refractivity contribution >= 4 is 23.5 Å². The van der Waals surface area contributed by atoms with E-state index in [0.717, 1.165) is 0 Å². The maximum absolute atomic E-state index is 2.18. The van der Waals surface area contributed by atoms with Crippen LogP contribution in [-0.2, 0) is 0 Å². The topological polar surface area (TPSA) is 0 Å². The molecule has 0 atom stereocenters. The Morgan fingerprint density at radius 3 is 2.14 bits per heavy atom. The first-order valence-electron chi connectivity index (χ1n) is 2.38. The molecule has 0 saturated carbocycles. The second-order valence-electron chi connectivity index (χ2n) is 1.37. The molecule has 0 aliphatic carbocycles. The van der Waals surface area contributed by atoms with Gasteiger partial charge < -0.3 is 0 Å². The van der Waals surface area contributed by atoms with Gasteiger partial charge in [-0.15, -0.1) is 23.5 Å². The van der Waals surface area contributed by atoms with E-state index in [9.17, 15) is 0 Å². The Hall–Kier alpha value is 0.440. The Balaban J connectivity index is 2.20. The fraction of sp³-hybridized carbons (Fsp3) is 0.600. The SMILES string of the molecule is C1=CSCCCS1. The summed E-state index contributed by atoms with van der Waals surface area (Å²) >= 11 is 3.83. The molecule has 0 unspecified atom stereocenters. The van der Waals surface area contributed by atoms with E-state index in [4.69, 9.17) is 0 Å². The first-order chi connectivity index (χ1) is 3.50. The Labute approximate surface area is 52.7 Å². The zero-order valence-corrected chi connectivity index (χ0v) is 5.73. The lowest BCUT2D eigenvalue weighted by Gasteiger charge is -1.85. The Morgan fingerprint density at radius 1 is 1.00 bits per heavy atom. The maximum atomic E-state index is 2.18. The molecule has 0 fully saturated rings. The summed E-state index contributed by atoms with van der Waals surface area (Å²) in [5.41, 5.74) is 0. The van der Waals surface area contributed by atoms with Gasteiger partial charge >= 0.3 is 0 Å². The third-order valence-electron chi connectivity index (χ3n) is 0.772. The fourth-order valence-electron chi connectivity index (χ4n) is 0.440. The van der Waals surface area contributed by atoms with Gasteiger partial charge in [0.2, 0.25) is 0 Å². The summed E-state index contributed by atoms with van der Waals surface area (Å²) in [5.74, 6) is 2.62. The van der Waals surface area contributed by atoms with Crippen LogP contribution in [0.5, 0.6) is 0 Å². The molecule has 0 amide bonds. The van der Waals surface area contributed by atoms with Crippen LogP contribution in [0.25, 0.3) is 0 Å². The van der Waals surface area contributed by atoms with Crippen LogP contribution in [-0.4, -0.2) is 11.5 Å². The van der Waals surface area contributed by atoms with Crippen LogP contribution in [0, 0.1) is 0 Å². The minimum Gasteiger partial charge on any atom is -0.134 e. The van der Waals surface area contributed by atoms with E-state index in [1.54, 1.807) is 0 Å². The van der Waals surface area contributed by atoms with E-state index in [1.807, 2.05) is 23.5 Å². The second kappa shape index (κ2) is 3.44. The molecule has 0 aromatic heterocycles. The first-order valence-corrected chi connectivity index (χ1v) is 4.48. The summed E-state index contributed by atoms with van der Waals surface area (Å²) in [6.07, 6.45) is 1.36. The summed E-state index contributed by atoms with van der Waals surface area (Å²) in [4.78, 5) is 0. The molecule has 1 rings (SSSR count). The van der Waals surface area contributed by atoms with Gasteiger partial charge in [-0.1, -0.05) is 0 Å². The predicted molar refractivity (Wildman–Crippen MR) is 38.7 cm³/mol. The highest BCUT2D eigenvalue weighted by Crippen LogP contribution is 2.16. The van der Waals surface area contributed by atoms with Crippen molar-refractivity contribution in [3.63, 3.8) is 0 Å². The second-order valence-corrected chi connectivity index (χ2v) is 3.39. The highest BCUT2D eigenvalue weighted by atomic mass is 32.2. The van der Waals surface area contributed by atoms with Crippen molar-refractivity contribution in [2.45, 2.75) is 6.42 Å². The summed E-state index contributed by atoms with van der Waals surface area (Å²) in [6, 6.07) is 0. The maximum Gasteiger partial charge on any atom is -0.00178 e. The minimum atomic E-state index is 1.31. The highest BCUT2D eigenvalue weighted by molar-refractivity contribution is 8.06. The average Bonchev–Trinajstić information content (AvgIpc) is 1.90. The number of thioether (sulfide) groups is 2. The van der Waals surface area contributed by atoms with Crippen LogP contribution in [0.1, 0.15) is 6.42 Å². The summed E-state index contributed by atoms with van der Waals surface area (Å²) in [7, 11) is 0. The van der Waals surface area contributed by atoms with Gasteiger partial charge in [-0.3, -0.25) is 0 Å². The standard InChI is InChI=1S/C5H8S2/c1-2-6-4-5-7-3-1/h4-5H,1-3H2. The Morgan fingerprint density at radius 2 is 1.57 bits per heavy atom. The van der Waals surface area contributed by atoms with Crippen molar-refractivity contribution in [1.82, 2.24) is 0 Å². The highest BCUT2D eigenvalue weighted by Gasteiger charge is 1.89. The molecule has 0 radical (unpaired) electrons. The fourth-order valence-corrected chi connectivity index (χ4v) is 2.15. The molecule has 0 N–H and O–H groups in total. The molecule has 40 valence electrons. The van der Waals surface area contributed by atoms with Crippen molar-refractivity contribution in [3.8, 4) is 0 Å². The van der Waals surface area contributed by atoms with Gasteiger partial charge in [0.05, 0.1) is 0 Å². The molecule has 0 spiro atoms. The van der Waals surface area contributed by atoms with E-state index >= 15 is 0 Å². The smallest absolute Gasteiger partial charge is 0.00178 e. The van der Waals surface area contributed by atoms with Crippen LogP contribution < -0.4 is 0 Å². The summed E-state index contributed by atoms with van der Waals surface area (Å²) < 4.78 is 0. The molecule has 0 aromatic rings. The molecule has 1 heterocycles. The molecule has 0 saturated heterocycles. The van der Waals surface area contributed by atoms with Gasteiger partial charge in [0.25, 0.3) is 0 Å². The van der Waals surface area contributed by atoms with E-state index in [-0.39, 0.29) is 0 Å². The van der Waals surface area contributed by atoms with E-state index in [2.05, 4.69) is 10.8 Å². The predicted octanol–water partition coefficient (Wildman–Crippen LogP) is 2.33. The van der Waals surface area contributed by atoms with Gasteiger partial charge in [0.15, 0.2) is 0 Å². The minimum absolute atomic E-state index is 1.31. The lowest BCUT2D eigenvalue weighted by Crippen LogP contribution is -1.75. The van der Waals surface area contributed by atoms with Crippen LogP contribution in [0.2, 0.25) is 0 Å².